The van der Waals surface area contributed by atoms with Crippen LogP contribution in [0.25, 0.3) is 11.1 Å². The van der Waals surface area contributed by atoms with Crippen LogP contribution in [0.5, 0.6) is 11.5 Å². The van der Waals surface area contributed by atoms with Gasteiger partial charge in [-0.05, 0) is 43.8 Å². The molecule has 0 spiro atoms. The van der Waals surface area contributed by atoms with Crippen molar-refractivity contribution in [2.24, 2.45) is 0 Å². The van der Waals surface area contributed by atoms with Gasteiger partial charge < -0.3 is 19.5 Å². The van der Waals surface area contributed by atoms with Gasteiger partial charge in [-0.15, -0.1) is 11.3 Å². The van der Waals surface area contributed by atoms with Gasteiger partial charge in [-0.1, -0.05) is 36.4 Å². The highest BCUT2D eigenvalue weighted by Crippen LogP contribution is 2.40. The van der Waals surface area contributed by atoms with Crippen LogP contribution in [0, 0.1) is 6.92 Å². The van der Waals surface area contributed by atoms with Crippen LogP contribution in [-0.4, -0.2) is 37.3 Å². The molecule has 8 nitrogen and oxygen atoms in total. The molecular weight excluding hydrogens is 474 g/mol. The van der Waals surface area contributed by atoms with Crippen molar-refractivity contribution in [2.75, 3.05) is 19.5 Å². The Balaban J connectivity index is 1.66. The first kappa shape index (κ1) is 25.0. The van der Waals surface area contributed by atoms with Crippen molar-refractivity contribution < 1.29 is 23.8 Å². The van der Waals surface area contributed by atoms with E-state index in [1.165, 1.54) is 18.4 Å². The van der Waals surface area contributed by atoms with Gasteiger partial charge in [0.2, 0.25) is 0 Å². The number of carbonyl (C=O) groups excluding carboxylic acids is 2. The van der Waals surface area contributed by atoms with Crippen LogP contribution in [0.2, 0.25) is 0 Å². The Labute approximate surface area is 207 Å². The normalized spacial score (nSPS) is 11.2. The Morgan fingerprint density at radius 2 is 1.71 bits per heavy atom. The lowest BCUT2D eigenvalue weighted by Gasteiger charge is -2.17. The molecule has 0 saturated heterocycles. The van der Waals surface area contributed by atoms with Crippen LogP contribution in [0.3, 0.4) is 0 Å². The molecule has 3 aromatic rings. The molecule has 3 N–H and O–H groups in total. The minimum atomic E-state index is -0.804. The number of thiophene rings is 1. The summed E-state index contributed by atoms with van der Waals surface area (Å²) in [6.45, 7) is 3.53. The number of rotatable bonds is 7. The number of amides is 1. The van der Waals surface area contributed by atoms with E-state index in [4.69, 9.17) is 26.4 Å². The Morgan fingerprint density at radius 1 is 1.00 bits per heavy atom. The Hall–Kier alpha value is -3.63. The van der Waals surface area contributed by atoms with Crippen LogP contribution in [0.1, 0.15) is 22.2 Å². The lowest BCUT2D eigenvalue weighted by molar-refractivity contribution is -0.127. The number of aryl methyl sites for hydroxylation is 1. The van der Waals surface area contributed by atoms with E-state index in [-0.39, 0.29) is 5.11 Å². The molecule has 0 aliphatic carbocycles. The third kappa shape index (κ3) is 6.03. The van der Waals surface area contributed by atoms with E-state index in [0.717, 1.165) is 16.0 Å². The zero-order valence-electron chi connectivity index (χ0n) is 19.1. The highest BCUT2D eigenvalue weighted by Gasteiger charge is 2.24. The number of thiocarbonyl (C=S) groups is 1. The van der Waals surface area contributed by atoms with Crippen molar-refractivity contribution in [2.45, 2.75) is 20.0 Å². The molecule has 3 rings (SSSR count). The fourth-order valence-electron chi connectivity index (χ4n) is 3.17. The Bertz CT molecular complexity index is 1180. The molecule has 10 heteroatoms. The molecule has 0 fully saturated rings. The number of ether oxygens (including phenoxy) is 3. The molecule has 1 heterocycles. The third-order valence-electron chi connectivity index (χ3n) is 4.79. The largest absolute Gasteiger partial charge is 0.497 e. The Kier molecular flexibility index (Phi) is 8.44. The summed E-state index contributed by atoms with van der Waals surface area (Å²) < 4.78 is 15.8. The topological polar surface area (TPSA) is 97.9 Å². The van der Waals surface area contributed by atoms with Gasteiger partial charge in [0.25, 0.3) is 5.91 Å². The molecule has 0 saturated carbocycles. The number of hydrazine groups is 1. The molecule has 1 aromatic heterocycles. The molecular formula is C24H25N3O5S2. The summed E-state index contributed by atoms with van der Waals surface area (Å²) in [4.78, 5) is 25.9. The fraction of sp³-hybridized carbons (Fsp3) is 0.208. The van der Waals surface area contributed by atoms with Crippen molar-refractivity contribution in [3.8, 4) is 22.6 Å². The van der Waals surface area contributed by atoms with Crippen molar-refractivity contribution in [3.63, 3.8) is 0 Å². The summed E-state index contributed by atoms with van der Waals surface area (Å²) in [6, 6.07) is 16.5. The van der Waals surface area contributed by atoms with Crippen LogP contribution in [-0.2, 0) is 9.53 Å². The lowest BCUT2D eigenvalue weighted by Crippen LogP contribution is -2.48. The van der Waals surface area contributed by atoms with Crippen molar-refractivity contribution in [1.29, 1.82) is 0 Å². The third-order valence-corrected chi connectivity index (χ3v) is 6.01. The second-order valence-electron chi connectivity index (χ2n) is 7.10. The quantitative estimate of drug-likeness (QED) is 0.251. The number of methoxy groups -OCH3 is 2. The van der Waals surface area contributed by atoms with E-state index in [2.05, 4.69) is 16.2 Å². The van der Waals surface area contributed by atoms with Gasteiger partial charge in [0, 0.05) is 16.5 Å². The van der Waals surface area contributed by atoms with Crippen LogP contribution >= 0.6 is 23.6 Å². The van der Waals surface area contributed by atoms with Gasteiger partial charge in [0.05, 0.1) is 14.2 Å². The van der Waals surface area contributed by atoms with Gasteiger partial charge >= 0.3 is 5.97 Å². The van der Waals surface area contributed by atoms with E-state index in [1.54, 1.807) is 38.3 Å². The van der Waals surface area contributed by atoms with E-state index in [1.807, 2.05) is 37.3 Å². The average molecular weight is 500 g/mol. The Morgan fingerprint density at radius 3 is 2.38 bits per heavy atom. The first-order valence-electron chi connectivity index (χ1n) is 10.3. The predicted molar refractivity (Wildman–Crippen MR) is 136 cm³/mol. The molecule has 0 aliphatic rings. The van der Waals surface area contributed by atoms with Gasteiger partial charge in [-0.2, -0.15) is 0 Å². The minimum absolute atomic E-state index is 0.105. The monoisotopic (exact) mass is 499 g/mol. The first-order chi connectivity index (χ1) is 16.3. The van der Waals surface area contributed by atoms with Crippen molar-refractivity contribution in [1.82, 2.24) is 10.9 Å². The molecule has 0 aliphatic heterocycles. The van der Waals surface area contributed by atoms with E-state index >= 15 is 0 Å². The number of esters is 1. The highest BCUT2D eigenvalue weighted by atomic mass is 32.1. The number of carbonyl (C=O) groups is 2. The van der Waals surface area contributed by atoms with E-state index in [9.17, 15) is 9.59 Å². The minimum Gasteiger partial charge on any atom is -0.497 e. The predicted octanol–water partition coefficient (Wildman–Crippen LogP) is 4.30. The number of hydrogen-bond acceptors (Lipinski definition) is 7. The summed E-state index contributed by atoms with van der Waals surface area (Å²) in [5.74, 6) is 0.189. The molecule has 0 unspecified atom stereocenters. The molecule has 0 radical (unpaired) electrons. The van der Waals surface area contributed by atoms with E-state index < -0.39 is 18.0 Å². The lowest BCUT2D eigenvalue weighted by atomic mass is 10.0. The molecule has 1 atom stereocenters. The zero-order valence-corrected chi connectivity index (χ0v) is 20.8. The first-order valence-corrected chi connectivity index (χ1v) is 11.5. The number of anilines is 1. The smallest absolute Gasteiger partial charge is 0.341 e. The zero-order chi connectivity index (χ0) is 24.7. The maximum atomic E-state index is 12.6. The van der Waals surface area contributed by atoms with Gasteiger partial charge in [0.1, 0.15) is 22.1 Å². The summed E-state index contributed by atoms with van der Waals surface area (Å²) >= 11 is 6.68. The number of hydrogen-bond donors (Lipinski definition) is 3. The molecule has 34 heavy (non-hydrogen) atoms. The fourth-order valence-corrected chi connectivity index (χ4v) is 4.45. The second-order valence-corrected chi connectivity index (χ2v) is 8.74. The molecule has 1 amide bonds. The van der Waals surface area contributed by atoms with Crippen LogP contribution in [0.4, 0.5) is 5.00 Å². The van der Waals surface area contributed by atoms with E-state index in [0.29, 0.717) is 22.1 Å². The second kappa shape index (κ2) is 11.5. The summed E-state index contributed by atoms with van der Waals surface area (Å²) in [5, 5.41) is 3.60. The van der Waals surface area contributed by atoms with Crippen LogP contribution < -0.4 is 25.6 Å². The summed E-state index contributed by atoms with van der Waals surface area (Å²) in [7, 11) is 2.88. The molecule has 178 valence electrons. The highest BCUT2D eigenvalue weighted by molar-refractivity contribution is 7.80. The molecule has 2 aromatic carbocycles. The number of benzene rings is 2. The van der Waals surface area contributed by atoms with Crippen molar-refractivity contribution >= 4 is 45.5 Å². The summed E-state index contributed by atoms with van der Waals surface area (Å²) in [6.07, 6.45) is -0.804. The van der Waals surface area contributed by atoms with Gasteiger partial charge in [-0.25, -0.2) is 4.79 Å². The van der Waals surface area contributed by atoms with Crippen molar-refractivity contribution in [3.05, 3.63) is 65.0 Å². The summed E-state index contributed by atoms with van der Waals surface area (Å²) in [5.41, 5.74) is 7.19. The molecule has 0 bridgehead atoms. The van der Waals surface area contributed by atoms with Gasteiger partial charge in [0.15, 0.2) is 11.2 Å². The van der Waals surface area contributed by atoms with Crippen LogP contribution in [0.15, 0.2) is 54.6 Å². The number of nitrogens with one attached hydrogen (secondary N) is 3. The average Bonchev–Trinajstić information content (AvgIpc) is 3.17. The maximum Gasteiger partial charge on any atom is 0.341 e. The standard InChI is InChI=1S/C24H25N3O5S2/c1-14(32-18-12-8-11-17(13-18)30-3)21(28)26-27-24(33)25-22-20(23(29)31-4)19(15(2)34-22)16-9-6-5-7-10-16/h5-14H,1-4H3,(H,26,28)(H2,25,27,33)/t14-/m0/s1. The SMILES string of the molecule is COC(=O)c1c(NC(=S)NNC(=O)[C@H](C)Oc2cccc(OC)c2)sc(C)c1-c1ccccc1. The van der Waals surface area contributed by atoms with Gasteiger partial charge in [-0.3, -0.25) is 15.6 Å². The maximum absolute atomic E-state index is 12.6.